The van der Waals surface area contributed by atoms with Crippen LogP contribution in [0.1, 0.15) is 80.3 Å². The summed E-state index contributed by atoms with van der Waals surface area (Å²) in [6.07, 6.45) is 10.1. The summed E-state index contributed by atoms with van der Waals surface area (Å²) in [5, 5.41) is 30.8. The number of hydrogen-bond donors (Lipinski definition) is 2. The molecule has 1 aromatic carbocycles. The van der Waals surface area contributed by atoms with Crippen LogP contribution in [-0.4, -0.2) is 83.7 Å². The van der Waals surface area contributed by atoms with Gasteiger partial charge in [-0.05, 0) is 88.5 Å². The molecule has 10 nitrogen and oxygen atoms in total. The fourth-order valence-electron chi connectivity index (χ4n) is 7.30. The predicted molar refractivity (Wildman–Crippen MR) is 158 cm³/mol. The number of ether oxygens (including phenoxy) is 2. The summed E-state index contributed by atoms with van der Waals surface area (Å²) in [4.78, 5) is 17.8. The number of aromatic nitrogens is 2. The van der Waals surface area contributed by atoms with Crippen molar-refractivity contribution in [2.24, 2.45) is 5.41 Å². The maximum atomic E-state index is 12.9. The lowest BCUT2D eigenvalue weighted by molar-refractivity contribution is 0.0237. The van der Waals surface area contributed by atoms with Gasteiger partial charge in [-0.25, -0.2) is 0 Å². The van der Waals surface area contributed by atoms with Crippen LogP contribution in [0.3, 0.4) is 0 Å². The van der Waals surface area contributed by atoms with Gasteiger partial charge < -0.3 is 29.7 Å². The van der Waals surface area contributed by atoms with Crippen LogP contribution in [0, 0.1) is 16.7 Å². The molecular formula is C32H42N6O4. The highest BCUT2D eigenvalue weighted by atomic mass is 16.5. The summed E-state index contributed by atoms with van der Waals surface area (Å²) < 4.78 is 11.4. The zero-order valence-electron chi connectivity index (χ0n) is 24.5. The van der Waals surface area contributed by atoms with Gasteiger partial charge in [0.25, 0.3) is 5.91 Å². The minimum absolute atomic E-state index is 0.0588. The van der Waals surface area contributed by atoms with Gasteiger partial charge in [0, 0.05) is 49.7 Å². The van der Waals surface area contributed by atoms with Crippen molar-refractivity contribution < 1.29 is 19.4 Å². The Hall–Kier alpha value is -3.42. The van der Waals surface area contributed by atoms with Crippen molar-refractivity contribution in [3.05, 3.63) is 41.6 Å². The molecule has 224 valence electrons. The van der Waals surface area contributed by atoms with E-state index in [9.17, 15) is 15.2 Å². The van der Waals surface area contributed by atoms with Crippen LogP contribution in [0.2, 0.25) is 0 Å². The van der Waals surface area contributed by atoms with Gasteiger partial charge in [0.15, 0.2) is 11.5 Å². The monoisotopic (exact) mass is 574 g/mol. The maximum Gasteiger partial charge on any atom is 0.272 e. The van der Waals surface area contributed by atoms with Crippen molar-refractivity contribution >= 4 is 11.7 Å². The lowest BCUT2D eigenvalue weighted by Crippen LogP contribution is -2.59. The molecule has 2 saturated carbocycles. The first kappa shape index (κ1) is 28.7. The lowest BCUT2D eigenvalue weighted by atomic mass is 9.67. The van der Waals surface area contributed by atoms with E-state index in [1.165, 1.54) is 25.7 Å². The van der Waals surface area contributed by atoms with E-state index in [-0.39, 0.29) is 24.2 Å². The molecule has 42 heavy (non-hydrogen) atoms. The number of aliphatic hydroxyl groups is 1. The van der Waals surface area contributed by atoms with E-state index in [1.54, 1.807) is 31.4 Å². The normalized spacial score (nSPS) is 24.9. The molecule has 3 heterocycles. The van der Waals surface area contributed by atoms with Crippen LogP contribution in [-0.2, 0) is 0 Å². The number of carbonyl (C=O) groups excluding carboxylic acids is 1. The summed E-state index contributed by atoms with van der Waals surface area (Å²) in [6.45, 7) is 4.09. The Morgan fingerprint density at radius 3 is 2.40 bits per heavy atom. The number of nitrogens with one attached hydrogen (secondary N) is 1. The van der Waals surface area contributed by atoms with E-state index in [1.807, 2.05) is 6.07 Å². The topological polar surface area (TPSA) is 124 Å². The van der Waals surface area contributed by atoms with Gasteiger partial charge in [-0.1, -0.05) is 0 Å². The fourth-order valence-corrected chi connectivity index (χ4v) is 7.30. The van der Waals surface area contributed by atoms with Crippen molar-refractivity contribution in [3.8, 4) is 17.6 Å². The minimum Gasteiger partial charge on any atom is -0.495 e. The molecule has 2 aromatic rings. The van der Waals surface area contributed by atoms with Crippen molar-refractivity contribution in [1.29, 1.82) is 5.26 Å². The van der Waals surface area contributed by atoms with Crippen LogP contribution in [0.25, 0.3) is 0 Å². The molecular weight excluding hydrogens is 532 g/mol. The molecule has 10 heteroatoms. The van der Waals surface area contributed by atoms with Gasteiger partial charge in [0.1, 0.15) is 17.6 Å². The second-order valence-electron chi connectivity index (χ2n) is 12.7. The highest BCUT2D eigenvalue weighted by Crippen LogP contribution is 2.46. The molecule has 2 N–H and O–H groups in total. The number of piperidine rings is 1. The quantitative estimate of drug-likeness (QED) is 0.510. The second-order valence-corrected chi connectivity index (χ2v) is 12.7. The smallest absolute Gasteiger partial charge is 0.272 e. The number of likely N-dealkylation sites (tertiary alicyclic amines) is 1. The molecule has 4 fully saturated rings. The van der Waals surface area contributed by atoms with Crippen LogP contribution >= 0.6 is 0 Å². The van der Waals surface area contributed by atoms with E-state index in [0.717, 1.165) is 70.5 Å². The van der Waals surface area contributed by atoms with Gasteiger partial charge in [-0.15, -0.1) is 10.2 Å². The number of nitriles is 1. The third-order valence-corrected chi connectivity index (χ3v) is 9.90. The standard InChI is InChI=1S/C32H42N6O4/c1-41-29-18-27(5-2-22(29)19-33)42-26-6-3-23(4-7-26)34-31(40)28-8-9-30(36-35-28)38-20-32(21-38)14-10-24(11-15-32)37-16-12-25(39)13-17-37/h2,5,8-9,18,23-26,39H,3-4,6-7,10-17,20-21H2,1H3,(H,34,40). The molecule has 1 amide bonds. The van der Waals surface area contributed by atoms with Crippen LogP contribution in [0.5, 0.6) is 11.5 Å². The van der Waals surface area contributed by atoms with E-state index in [4.69, 9.17) is 9.47 Å². The average molecular weight is 575 g/mol. The third kappa shape index (κ3) is 6.32. The molecule has 0 radical (unpaired) electrons. The number of benzene rings is 1. The van der Waals surface area contributed by atoms with Crippen LogP contribution < -0.4 is 19.7 Å². The molecule has 2 saturated heterocycles. The fraction of sp³-hybridized carbons (Fsp3) is 0.625. The van der Waals surface area contributed by atoms with Gasteiger partial charge in [-0.2, -0.15) is 5.26 Å². The molecule has 2 aliphatic heterocycles. The van der Waals surface area contributed by atoms with Crippen molar-refractivity contribution in [2.45, 2.75) is 88.5 Å². The predicted octanol–water partition coefficient (Wildman–Crippen LogP) is 3.68. The van der Waals surface area contributed by atoms with Crippen molar-refractivity contribution in [2.75, 3.05) is 38.2 Å². The van der Waals surface area contributed by atoms with E-state index in [0.29, 0.717) is 34.2 Å². The Kier molecular flexibility index (Phi) is 8.50. The molecule has 2 aliphatic carbocycles. The first-order chi connectivity index (χ1) is 20.4. The van der Waals surface area contributed by atoms with Gasteiger partial charge in [0.2, 0.25) is 0 Å². The number of methoxy groups -OCH3 is 1. The Morgan fingerprint density at radius 1 is 1.02 bits per heavy atom. The number of hydrogen-bond acceptors (Lipinski definition) is 9. The van der Waals surface area contributed by atoms with Crippen molar-refractivity contribution in [3.63, 3.8) is 0 Å². The molecule has 1 aromatic heterocycles. The van der Waals surface area contributed by atoms with E-state index >= 15 is 0 Å². The van der Waals surface area contributed by atoms with Gasteiger partial charge in [0.05, 0.1) is 24.9 Å². The Balaban J connectivity index is 0.924. The molecule has 6 rings (SSSR count). The summed E-state index contributed by atoms with van der Waals surface area (Å²) in [5.74, 6) is 1.86. The van der Waals surface area contributed by atoms with Gasteiger partial charge in [-0.3, -0.25) is 4.79 Å². The number of amides is 1. The second kappa shape index (κ2) is 12.4. The van der Waals surface area contributed by atoms with E-state index in [2.05, 4.69) is 31.4 Å². The number of aliphatic hydroxyl groups excluding tert-OH is 1. The zero-order chi connectivity index (χ0) is 29.1. The summed E-state index contributed by atoms with van der Waals surface area (Å²) in [5.41, 5.74) is 1.22. The lowest BCUT2D eigenvalue weighted by Gasteiger charge is -2.55. The van der Waals surface area contributed by atoms with Crippen LogP contribution in [0.15, 0.2) is 30.3 Å². The molecule has 0 bridgehead atoms. The summed E-state index contributed by atoms with van der Waals surface area (Å²) in [6, 6.07) is 11.8. The number of nitrogens with zero attached hydrogens (tertiary/aromatic N) is 5. The summed E-state index contributed by atoms with van der Waals surface area (Å²) in [7, 11) is 1.54. The maximum absolute atomic E-state index is 12.9. The Bertz CT molecular complexity index is 1260. The van der Waals surface area contributed by atoms with Crippen LogP contribution in [0.4, 0.5) is 5.82 Å². The molecule has 0 atom stereocenters. The van der Waals surface area contributed by atoms with Crippen molar-refractivity contribution in [1.82, 2.24) is 20.4 Å². The minimum atomic E-state index is -0.182. The highest BCUT2D eigenvalue weighted by molar-refractivity contribution is 5.92. The van der Waals surface area contributed by atoms with Gasteiger partial charge >= 0.3 is 0 Å². The summed E-state index contributed by atoms with van der Waals surface area (Å²) >= 11 is 0. The largest absolute Gasteiger partial charge is 0.495 e. The average Bonchev–Trinajstić information content (AvgIpc) is 3.01. The number of anilines is 1. The first-order valence-corrected chi connectivity index (χ1v) is 15.5. The molecule has 1 spiro atoms. The highest BCUT2D eigenvalue weighted by Gasteiger charge is 2.46. The number of carbonyl (C=O) groups is 1. The third-order valence-electron chi connectivity index (χ3n) is 9.90. The Morgan fingerprint density at radius 2 is 1.76 bits per heavy atom. The molecule has 0 unspecified atom stereocenters. The Labute approximate surface area is 248 Å². The SMILES string of the molecule is COc1cc(OC2CCC(NC(=O)c3ccc(N4CC5(CCC(N6CCC(O)CC6)CC5)C4)nn3)CC2)ccc1C#N. The van der Waals surface area contributed by atoms with E-state index < -0.39 is 0 Å². The molecule has 4 aliphatic rings. The number of rotatable bonds is 7. The first-order valence-electron chi connectivity index (χ1n) is 15.5. The zero-order valence-corrected chi connectivity index (χ0v) is 24.5.